The van der Waals surface area contributed by atoms with Crippen molar-refractivity contribution in [2.24, 2.45) is 16.3 Å². The normalized spacial score (nSPS) is 20.6. The molecule has 0 bridgehead atoms. The summed E-state index contributed by atoms with van der Waals surface area (Å²) in [5, 5.41) is 6.95. The van der Waals surface area contributed by atoms with Crippen LogP contribution in [0.5, 0.6) is 0 Å². The van der Waals surface area contributed by atoms with Crippen LogP contribution in [0.3, 0.4) is 0 Å². The molecule has 3 rings (SSSR count). The molecule has 108 valence electrons. The Morgan fingerprint density at radius 3 is 2.60 bits per heavy atom. The number of rotatable bonds is 5. The first-order chi connectivity index (χ1) is 9.73. The van der Waals surface area contributed by atoms with Gasteiger partial charge in [-0.15, -0.1) is 0 Å². The molecule has 20 heavy (non-hydrogen) atoms. The molecular formula is C17H25N3. The molecule has 0 radical (unpaired) electrons. The van der Waals surface area contributed by atoms with Gasteiger partial charge in [-0.3, -0.25) is 4.99 Å². The van der Waals surface area contributed by atoms with E-state index in [-0.39, 0.29) is 0 Å². The predicted molar refractivity (Wildman–Crippen MR) is 83.8 cm³/mol. The van der Waals surface area contributed by atoms with Crippen molar-refractivity contribution in [3.05, 3.63) is 35.4 Å². The average Bonchev–Trinajstić information content (AvgIpc) is 3.33. The van der Waals surface area contributed by atoms with Crippen molar-refractivity contribution >= 4 is 5.96 Å². The second-order valence-corrected chi connectivity index (χ2v) is 6.34. The van der Waals surface area contributed by atoms with E-state index >= 15 is 0 Å². The van der Waals surface area contributed by atoms with Gasteiger partial charge >= 0.3 is 0 Å². The fourth-order valence-electron chi connectivity index (χ4n) is 3.05. The number of aryl methyl sites for hydroxylation is 1. The summed E-state index contributed by atoms with van der Waals surface area (Å²) in [6.07, 6.45) is 5.69. The Morgan fingerprint density at radius 2 is 2.00 bits per heavy atom. The molecule has 2 aliphatic rings. The van der Waals surface area contributed by atoms with Crippen LogP contribution < -0.4 is 10.6 Å². The fourth-order valence-corrected chi connectivity index (χ4v) is 3.05. The maximum atomic E-state index is 4.34. The second-order valence-electron chi connectivity index (χ2n) is 6.34. The van der Waals surface area contributed by atoms with Crippen LogP contribution in [-0.2, 0) is 6.54 Å². The molecule has 2 fully saturated rings. The Morgan fingerprint density at radius 1 is 1.25 bits per heavy atom. The molecule has 0 atom stereocenters. The van der Waals surface area contributed by atoms with Crippen molar-refractivity contribution < 1.29 is 0 Å². The molecule has 3 heteroatoms. The van der Waals surface area contributed by atoms with E-state index in [1.165, 1.54) is 36.8 Å². The Balaban J connectivity index is 1.49. The molecule has 0 saturated heterocycles. The smallest absolute Gasteiger partial charge is 0.191 e. The third-order valence-electron chi connectivity index (χ3n) is 4.87. The van der Waals surface area contributed by atoms with Crippen molar-refractivity contribution in [2.75, 3.05) is 13.6 Å². The van der Waals surface area contributed by atoms with E-state index in [0.29, 0.717) is 5.41 Å². The number of guanidine groups is 1. The number of hydrogen-bond donors (Lipinski definition) is 2. The SMILES string of the molecule is CN=C(NCc1ccccc1C)NCC1(C2CC2)CC1. The van der Waals surface area contributed by atoms with E-state index in [1.807, 2.05) is 7.05 Å². The minimum absolute atomic E-state index is 0.611. The standard InChI is InChI=1S/C17H25N3/c1-13-5-3-4-6-14(13)11-19-16(18-2)20-12-17(9-10-17)15-7-8-15/h3-6,15H,7-12H2,1-2H3,(H2,18,19,20). The first-order valence-corrected chi connectivity index (χ1v) is 7.72. The molecule has 0 heterocycles. The van der Waals surface area contributed by atoms with Gasteiger partial charge in [-0.25, -0.2) is 0 Å². The first kappa shape index (κ1) is 13.5. The number of hydrogen-bond acceptors (Lipinski definition) is 1. The lowest BCUT2D eigenvalue weighted by atomic mass is 10.0. The molecule has 0 aromatic heterocycles. The van der Waals surface area contributed by atoms with E-state index in [4.69, 9.17) is 0 Å². The zero-order chi connectivity index (χ0) is 14.0. The first-order valence-electron chi connectivity index (χ1n) is 7.72. The molecule has 2 saturated carbocycles. The maximum Gasteiger partial charge on any atom is 0.191 e. The Labute approximate surface area is 121 Å². The molecule has 1 aromatic carbocycles. The monoisotopic (exact) mass is 271 g/mol. The van der Waals surface area contributed by atoms with Crippen molar-refractivity contribution in [2.45, 2.75) is 39.2 Å². The molecule has 0 spiro atoms. The largest absolute Gasteiger partial charge is 0.356 e. The molecule has 0 unspecified atom stereocenters. The molecule has 2 N–H and O–H groups in total. The van der Waals surface area contributed by atoms with Crippen molar-refractivity contribution in [1.29, 1.82) is 0 Å². The molecular weight excluding hydrogens is 246 g/mol. The molecule has 0 aliphatic heterocycles. The van der Waals surface area contributed by atoms with Gasteiger partial charge in [0.05, 0.1) is 0 Å². The van der Waals surface area contributed by atoms with Crippen LogP contribution >= 0.6 is 0 Å². The molecule has 0 amide bonds. The maximum absolute atomic E-state index is 4.34. The molecule has 3 nitrogen and oxygen atoms in total. The number of aliphatic imine (C=N–C) groups is 1. The summed E-state index contributed by atoms with van der Waals surface area (Å²) >= 11 is 0. The van der Waals surface area contributed by atoms with Gasteiger partial charge in [0.15, 0.2) is 5.96 Å². The highest BCUT2D eigenvalue weighted by atomic mass is 15.2. The lowest BCUT2D eigenvalue weighted by Crippen LogP contribution is -2.40. The molecule has 1 aromatic rings. The van der Waals surface area contributed by atoms with Crippen molar-refractivity contribution in [1.82, 2.24) is 10.6 Å². The zero-order valence-corrected chi connectivity index (χ0v) is 12.6. The number of nitrogens with zero attached hydrogens (tertiary/aromatic N) is 1. The summed E-state index contributed by atoms with van der Waals surface area (Å²) in [7, 11) is 1.85. The Kier molecular flexibility index (Phi) is 3.68. The molecule has 2 aliphatic carbocycles. The topological polar surface area (TPSA) is 36.4 Å². The highest BCUT2D eigenvalue weighted by Crippen LogP contribution is 2.60. The summed E-state index contributed by atoms with van der Waals surface area (Å²) in [6, 6.07) is 8.49. The Bertz CT molecular complexity index is 499. The van der Waals surface area contributed by atoms with Gasteiger partial charge in [-0.2, -0.15) is 0 Å². The van der Waals surface area contributed by atoms with E-state index in [9.17, 15) is 0 Å². The second kappa shape index (κ2) is 5.47. The summed E-state index contributed by atoms with van der Waals surface area (Å²) in [6.45, 7) is 4.08. The number of benzene rings is 1. The predicted octanol–water partition coefficient (Wildman–Crippen LogP) is 2.85. The van der Waals surface area contributed by atoms with Crippen LogP contribution in [-0.4, -0.2) is 19.6 Å². The third kappa shape index (κ3) is 2.97. The van der Waals surface area contributed by atoms with Crippen LogP contribution in [0.4, 0.5) is 0 Å². The minimum Gasteiger partial charge on any atom is -0.356 e. The highest BCUT2D eigenvalue weighted by Gasteiger charge is 2.53. The van der Waals surface area contributed by atoms with Crippen LogP contribution in [0.15, 0.2) is 29.3 Å². The van der Waals surface area contributed by atoms with Crippen molar-refractivity contribution in [3.8, 4) is 0 Å². The van der Waals surface area contributed by atoms with Crippen LogP contribution in [0.1, 0.15) is 36.8 Å². The highest BCUT2D eigenvalue weighted by molar-refractivity contribution is 5.79. The average molecular weight is 271 g/mol. The van der Waals surface area contributed by atoms with Gasteiger partial charge in [0.2, 0.25) is 0 Å². The lowest BCUT2D eigenvalue weighted by Gasteiger charge is -2.18. The quantitative estimate of drug-likeness (QED) is 0.638. The summed E-state index contributed by atoms with van der Waals surface area (Å²) in [4.78, 5) is 4.34. The van der Waals surface area contributed by atoms with Gasteiger partial charge in [0.25, 0.3) is 0 Å². The van der Waals surface area contributed by atoms with Gasteiger partial charge in [-0.1, -0.05) is 24.3 Å². The zero-order valence-electron chi connectivity index (χ0n) is 12.6. The van der Waals surface area contributed by atoms with E-state index in [1.54, 1.807) is 0 Å². The van der Waals surface area contributed by atoms with Gasteiger partial charge < -0.3 is 10.6 Å². The van der Waals surface area contributed by atoms with Crippen molar-refractivity contribution in [3.63, 3.8) is 0 Å². The lowest BCUT2D eigenvalue weighted by molar-refractivity contribution is 0.431. The van der Waals surface area contributed by atoms with Crippen LogP contribution in [0.25, 0.3) is 0 Å². The summed E-state index contributed by atoms with van der Waals surface area (Å²) in [5.41, 5.74) is 3.27. The van der Waals surface area contributed by atoms with Gasteiger partial charge in [-0.05, 0) is 55.1 Å². The fraction of sp³-hybridized carbons (Fsp3) is 0.588. The number of nitrogens with one attached hydrogen (secondary N) is 2. The van der Waals surface area contributed by atoms with E-state index in [2.05, 4.69) is 46.8 Å². The Hall–Kier alpha value is -1.51. The van der Waals surface area contributed by atoms with E-state index in [0.717, 1.165) is 25.0 Å². The van der Waals surface area contributed by atoms with Crippen LogP contribution in [0, 0.1) is 18.3 Å². The summed E-state index contributed by atoms with van der Waals surface area (Å²) in [5.74, 6) is 1.92. The summed E-state index contributed by atoms with van der Waals surface area (Å²) < 4.78 is 0. The van der Waals surface area contributed by atoms with Crippen LogP contribution in [0.2, 0.25) is 0 Å². The van der Waals surface area contributed by atoms with Gasteiger partial charge in [0.1, 0.15) is 0 Å². The van der Waals surface area contributed by atoms with Gasteiger partial charge in [0, 0.05) is 20.1 Å². The third-order valence-corrected chi connectivity index (χ3v) is 4.87. The minimum atomic E-state index is 0.611. The van der Waals surface area contributed by atoms with E-state index < -0.39 is 0 Å².